The number of rotatable bonds is 1. The normalized spacial score (nSPS) is 13.7. The van der Waals surface area contributed by atoms with Crippen molar-refractivity contribution in [2.75, 3.05) is 17.4 Å². The molecule has 6 aromatic carbocycles. The lowest BCUT2D eigenvalue weighted by atomic mass is 9.49. The molecule has 94 heavy (non-hydrogen) atoms. The van der Waals surface area contributed by atoms with Crippen molar-refractivity contribution in [3.05, 3.63) is 217 Å². The molecule has 0 aliphatic carbocycles. The van der Waals surface area contributed by atoms with Crippen molar-refractivity contribution < 1.29 is 33.7 Å². The predicted octanol–water partition coefficient (Wildman–Crippen LogP) is 28.8. The van der Waals surface area contributed by atoms with Crippen LogP contribution in [0.15, 0.2) is 200 Å². The second-order valence-electron chi connectivity index (χ2n) is 20.5. The first-order chi connectivity index (χ1) is 42.7. The first-order valence-electron chi connectivity index (χ1n) is 33.3. The van der Waals surface area contributed by atoms with Gasteiger partial charge in [0.1, 0.15) is 0 Å². The molecular weight excluding hydrogens is 1340 g/mol. The molecular formula is C82H156B3BrFIO6. The third-order valence-electron chi connectivity index (χ3n) is 12.0. The minimum Gasteiger partial charge on any atom is -0.405 e. The van der Waals surface area contributed by atoms with Gasteiger partial charge in [0.25, 0.3) is 0 Å². The molecule has 9 rings (SSSR count). The summed E-state index contributed by atoms with van der Waals surface area (Å²) in [5.41, 5.74) is 2.21. The van der Waals surface area contributed by atoms with Gasteiger partial charge in [-0.3, -0.25) is 4.39 Å². The van der Waals surface area contributed by atoms with Crippen LogP contribution in [0.25, 0.3) is 0 Å². The first kappa shape index (κ1) is 121. The summed E-state index contributed by atoms with van der Waals surface area (Å²) in [6.45, 7) is 63.0. The molecule has 6 aromatic rings. The number of aryl methyl sites for hydroxylation is 3. The molecule has 3 fully saturated rings. The van der Waals surface area contributed by atoms with Crippen LogP contribution in [-0.4, -0.2) is 72.2 Å². The Morgan fingerprint density at radius 2 is 0.426 bits per heavy atom. The highest BCUT2D eigenvalue weighted by atomic mass is 127. The summed E-state index contributed by atoms with van der Waals surface area (Å²) in [4.78, 5) is 0. The van der Waals surface area contributed by atoms with E-state index in [1.807, 2.05) is 315 Å². The maximum absolute atomic E-state index is 9.96. The lowest BCUT2D eigenvalue weighted by Crippen LogP contribution is -2.41. The van der Waals surface area contributed by atoms with Crippen molar-refractivity contribution in [2.24, 2.45) is 0 Å². The Kier molecular flexibility index (Phi) is 107. The van der Waals surface area contributed by atoms with Crippen LogP contribution in [-0.2, 0) is 27.9 Å². The Hall–Kier alpha value is -3.59. The smallest absolute Gasteiger partial charge is 0.405 e. The number of hydrogen-bond donors (Lipinski definition) is 0. The molecule has 0 saturated carbocycles. The average Bonchev–Trinajstić information content (AvgIpc) is 1.61. The number of hydrogen-bond acceptors (Lipinski definition) is 6. The van der Waals surface area contributed by atoms with E-state index in [0.717, 1.165) is 0 Å². The van der Waals surface area contributed by atoms with Gasteiger partial charge in [-0.25, -0.2) is 0 Å². The molecule has 3 saturated heterocycles. The van der Waals surface area contributed by atoms with Crippen molar-refractivity contribution in [3.8, 4) is 0 Å². The Morgan fingerprint density at radius 3 is 0.500 bits per heavy atom. The fourth-order valence-corrected chi connectivity index (χ4v) is 5.90. The molecule has 3 aliphatic heterocycles. The van der Waals surface area contributed by atoms with Crippen molar-refractivity contribution >= 4 is 59.7 Å². The fourth-order valence-electron chi connectivity index (χ4n) is 5.90. The summed E-state index contributed by atoms with van der Waals surface area (Å²) >= 11 is 5.23. The monoisotopic (exact) mass is 1500 g/mol. The Bertz CT molecular complexity index is 1860. The zero-order valence-electron chi connectivity index (χ0n) is 64.0. The molecule has 0 spiro atoms. The molecule has 550 valence electrons. The van der Waals surface area contributed by atoms with Crippen molar-refractivity contribution in [1.82, 2.24) is 0 Å². The van der Waals surface area contributed by atoms with Gasteiger partial charge in [0.15, 0.2) is 0 Å². The molecule has 6 nitrogen and oxygen atoms in total. The third-order valence-corrected chi connectivity index (χ3v) is 12.0. The summed E-state index contributed by atoms with van der Waals surface area (Å²) in [6, 6.07) is 66.8. The van der Waals surface area contributed by atoms with Gasteiger partial charge in [0.05, 0.1) is 42.1 Å². The van der Waals surface area contributed by atoms with E-state index < -0.39 is 21.2 Å². The minimum absolute atomic E-state index is 0. The number of halogens is 3. The van der Waals surface area contributed by atoms with E-state index in [1.165, 1.54) is 27.5 Å². The maximum Gasteiger partial charge on any atom is 0.488 e. The van der Waals surface area contributed by atoms with Crippen LogP contribution in [0.1, 0.15) is 249 Å². The lowest BCUT2D eigenvalue weighted by molar-refractivity contribution is 0.00578. The molecule has 0 radical (unpaired) electrons. The molecule has 0 unspecified atom stereocenters. The second-order valence-corrected chi connectivity index (χ2v) is 22.0. The summed E-state index contributed by atoms with van der Waals surface area (Å²) in [5, 5.41) is 0. The molecule has 0 N–H and O–H groups in total. The molecule has 3 aliphatic rings. The minimum atomic E-state index is -1.00. The van der Waals surface area contributed by atoms with Gasteiger partial charge in [-0.2, -0.15) is 0 Å². The lowest BCUT2D eigenvalue weighted by Gasteiger charge is -2.32. The summed E-state index contributed by atoms with van der Waals surface area (Å²) in [5.74, 6) is 1.81. The zero-order chi connectivity index (χ0) is 72.2. The maximum atomic E-state index is 9.96. The van der Waals surface area contributed by atoms with E-state index in [1.54, 1.807) is 0 Å². The Morgan fingerprint density at radius 1 is 0.330 bits per heavy atom. The van der Waals surface area contributed by atoms with Gasteiger partial charge in [0.2, 0.25) is 0 Å². The van der Waals surface area contributed by atoms with Crippen LogP contribution in [0, 0.1) is 20.8 Å². The van der Waals surface area contributed by atoms with Crippen molar-refractivity contribution in [2.45, 2.75) is 292 Å². The number of benzene rings is 6. The van der Waals surface area contributed by atoms with Crippen molar-refractivity contribution in [1.29, 1.82) is 0 Å². The van der Waals surface area contributed by atoms with Gasteiger partial charge < -0.3 is 27.9 Å². The van der Waals surface area contributed by atoms with E-state index in [4.69, 9.17) is 29.3 Å². The highest BCUT2D eigenvalue weighted by molar-refractivity contribution is 14.1. The van der Waals surface area contributed by atoms with Crippen LogP contribution in [0.3, 0.4) is 0 Å². The largest absolute Gasteiger partial charge is 0.488 e. The molecule has 0 atom stereocenters. The van der Waals surface area contributed by atoms with E-state index in [2.05, 4.69) is 144 Å². The van der Waals surface area contributed by atoms with E-state index in [0.29, 0.717) is 0 Å². The Balaban J connectivity index is -0.0000000638. The van der Waals surface area contributed by atoms with Crippen LogP contribution in [0.5, 0.6) is 0 Å². The van der Waals surface area contributed by atoms with Gasteiger partial charge in [-0.05, 0) is 121 Å². The van der Waals surface area contributed by atoms with Gasteiger partial charge in [0, 0.05) is 0 Å². The summed E-state index contributed by atoms with van der Waals surface area (Å²) in [7, 11) is -2.02. The molecule has 0 bridgehead atoms. The molecule has 12 heteroatoms. The van der Waals surface area contributed by atoms with Crippen LogP contribution >= 0.6 is 38.5 Å². The quantitative estimate of drug-likeness (QED) is 0.0929. The standard InChI is InChI=1S/C12H24B2O4.C7H15BO2.3C7H8.3C6H6.C3H8.C2H5I.6C2H6.CH3Br.CH3F.5CH4/c1-9(2)10(3,4)16-13(15-9)14-17-11(5,6)12(7,8)18-14;1-6(2)7(3,4)10-8(5)9-6;3*1-7-5-3-2-4-6-7;3*1-2-4-6-5-3-1;1-3-2;1-2-3;8*1-2;;;;;/h1-8H3;1-5H3;3*2-6H,1H3;3*1-6H;3H2,1-2H3;2H2,1H3;6*1-2H3;2*1H3;5*1H4/i;;;;;;;;;;;;;;;;;1D;;;;;. The van der Waals surface area contributed by atoms with E-state index >= 15 is 0 Å². The predicted molar refractivity (Wildman–Crippen MR) is 451 cm³/mol. The molecule has 0 amide bonds. The van der Waals surface area contributed by atoms with Gasteiger partial charge >= 0.3 is 21.1 Å². The van der Waals surface area contributed by atoms with Gasteiger partial charge in [-0.1, -0.05) is 403 Å². The SMILES string of the molecule is C.C.C.C.C.CB1OC(C)(C)C(C)(C)O1.CBr.CC.CC.CC.CC.CC.CC.CC1(C)OB(B2OC(C)(C)C(C)(C)O2)OC1(C)C.CCC.CCI.Cc1ccccc1.Cc1ccccc1.Cc1ccccc1.[2H]CF.c1ccccc1.c1ccccc1.c1ccccc1. The van der Waals surface area contributed by atoms with Crippen LogP contribution < -0.4 is 0 Å². The van der Waals surface area contributed by atoms with E-state index in [9.17, 15) is 4.39 Å². The highest BCUT2D eigenvalue weighted by Crippen LogP contribution is 2.43. The molecule has 3 heterocycles. The zero-order valence-corrected chi connectivity index (χ0v) is 66.7. The van der Waals surface area contributed by atoms with Crippen LogP contribution in [0.4, 0.5) is 4.39 Å². The Labute approximate surface area is 615 Å². The summed E-state index contributed by atoms with van der Waals surface area (Å²) < 4.78 is 51.7. The topological polar surface area (TPSA) is 55.4 Å². The van der Waals surface area contributed by atoms with Gasteiger partial charge in [-0.15, -0.1) is 0 Å². The molecule has 0 aromatic heterocycles. The number of alkyl halides is 3. The van der Waals surface area contributed by atoms with Crippen molar-refractivity contribution in [3.63, 3.8) is 0 Å². The highest BCUT2D eigenvalue weighted by Gasteiger charge is 2.63. The first-order valence-corrected chi connectivity index (χ1v) is 35.7. The fraction of sp³-hybridized carbons (Fsp3) is 0.561. The average molecular weight is 1500 g/mol. The summed E-state index contributed by atoms with van der Waals surface area (Å²) in [6.07, 6.45) is 1.25. The van der Waals surface area contributed by atoms with E-state index in [-0.39, 0.29) is 77.9 Å². The van der Waals surface area contributed by atoms with Crippen LogP contribution in [0.2, 0.25) is 6.82 Å². The second kappa shape index (κ2) is 83.6. The third kappa shape index (κ3) is 68.4.